The molecule has 0 fully saturated rings. The number of rotatable bonds is 7. The van der Waals surface area contributed by atoms with Crippen LogP contribution in [0.3, 0.4) is 0 Å². The number of carbonyl (C=O) groups excluding carboxylic acids is 1. The second kappa shape index (κ2) is 8.44. The molecule has 0 atom stereocenters. The van der Waals surface area contributed by atoms with Gasteiger partial charge >= 0.3 is 0 Å². The molecule has 0 aliphatic carbocycles. The zero-order valence-corrected chi connectivity index (χ0v) is 12.9. The van der Waals surface area contributed by atoms with Gasteiger partial charge < -0.3 is 14.8 Å². The quantitative estimate of drug-likeness (QED) is 0.798. The highest BCUT2D eigenvalue weighted by molar-refractivity contribution is 5.94. The summed E-state index contributed by atoms with van der Waals surface area (Å²) in [4.78, 5) is 12.0. The Morgan fingerprint density at radius 3 is 2.61 bits per heavy atom. The minimum atomic E-state index is -0.178. The molecule has 5 heteroatoms. The van der Waals surface area contributed by atoms with Crippen LogP contribution in [-0.4, -0.2) is 26.2 Å². The standard InChI is InChI=1S/C18H18N2O3/c1-22-16-5-7-17(8-6-16)23-12-11-20-18(21)15-4-2-3-14(13-15)9-10-19/h2-8,13H,9,11-12H2,1H3,(H,20,21). The normalized spacial score (nSPS) is 9.74. The molecule has 0 unspecified atom stereocenters. The van der Waals surface area contributed by atoms with Gasteiger partial charge in [0.15, 0.2) is 0 Å². The van der Waals surface area contributed by atoms with Gasteiger partial charge in [0, 0.05) is 5.56 Å². The highest BCUT2D eigenvalue weighted by Crippen LogP contribution is 2.16. The summed E-state index contributed by atoms with van der Waals surface area (Å²) in [5, 5.41) is 11.5. The number of hydrogen-bond donors (Lipinski definition) is 1. The summed E-state index contributed by atoms with van der Waals surface area (Å²) in [6.45, 7) is 0.767. The number of nitrogens with one attached hydrogen (secondary N) is 1. The molecule has 2 aromatic rings. The summed E-state index contributed by atoms with van der Waals surface area (Å²) in [5.41, 5.74) is 1.37. The van der Waals surface area contributed by atoms with Crippen LogP contribution in [0.4, 0.5) is 0 Å². The maximum absolute atomic E-state index is 12.0. The van der Waals surface area contributed by atoms with E-state index in [1.165, 1.54) is 0 Å². The van der Waals surface area contributed by atoms with Crippen LogP contribution in [0.15, 0.2) is 48.5 Å². The summed E-state index contributed by atoms with van der Waals surface area (Å²) < 4.78 is 10.6. The SMILES string of the molecule is COc1ccc(OCCNC(=O)c2cccc(CC#N)c2)cc1. The van der Waals surface area contributed by atoms with Gasteiger partial charge in [-0.3, -0.25) is 4.79 Å². The van der Waals surface area contributed by atoms with Crippen molar-refractivity contribution in [2.24, 2.45) is 0 Å². The molecule has 0 aliphatic heterocycles. The predicted octanol–water partition coefficient (Wildman–Crippen LogP) is 2.57. The van der Waals surface area contributed by atoms with Crippen LogP contribution in [-0.2, 0) is 6.42 Å². The maximum Gasteiger partial charge on any atom is 0.251 e. The average molecular weight is 310 g/mol. The number of methoxy groups -OCH3 is 1. The number of nitrogens with zero attached hydrogens (tertiary/aromatic N) is 1. The molecule has 0 saturated heterocycles. The van der Waals surface area contributed by atoms with Crippen LogP contribution in [0.1, 0.15) is 15.9 Å². The molecule has 0 aromatic heterocycles. The van der Waals surface area contributed by atoms with Crippen molar-refractivity contribution in [1.29, 1.82) is 5.26 Å². The van der Waals surface area contributed by atoms with Crippen molar-refractivity contribution < 1.29 is 14.3 Å². The molecule has 2 aromatic carbocycles. The van der Waals surface area contributed by atoms with Crippen LogP contribution in [0.25, 0.3) is 0 Å². The number of nitriles is 1. The van der Waals surface area contributed by atoms with E-state index in [0.717, 1.165) is 17.1 Å². The number of ether oxygens (including phenoxy) is 2. The molecule has 5 nitrogen and oxygen atoms in total. The van der Waals surface area contributed by atoms with Gasteiger partial charge in [-0.1, -0.05) is 12.1 Å². The third-order valence-corrected chi connectivity index (χ3v) is 3.19. The molecule has 0 heterocycles. The molecule has 0 radical (unpaired) electrons. The van der Waals surface area contributed by atoms with Gasteiger partial charge in [0.25, 0.3) is 5.91 Å². The molecule has 0 spiro atoms. The van der Waals surface area contributed by atoms with Crippen LogP contribution in [0.5, 0.6) is 11.5 Å². The van der Waals surface area contributed by atoms with Crippen molar-refractivity contribution in [1.82, 2.24) is 5.32 Å². The number of amides is 1. The summed E-state index contributed by atoms with van der Waals surface area (Å²) in [6, 6.07) is 16.4. The highest BCUT2D eigenvalue weighted by Gasteiger charge is 2.05. The van der Waals surface area contributed by atoms with E-state index in [2.05, 4.69) is 11.4 Å². The first-order chi connectivity index (χ1) is 11.2. The zero-order valence-electron chi connectivity index (χ0n) is 12.9. The van der Waals surface area contributed by atoms with Crippen molar-refractivity contribution in [3.63, 3.8) is 0 Å². The van der Waals surface area contributed by atoms with Gasteiger partial charge in [0.05, 0.1) is 26.1 Å². The van der Waals surface area contributed by atoms with Gasteiger partial charge in [-0.05, 0) is 42.0 Å². The Labute approximate surface area is 135 Å². The molecule has 2 rings (SSSR count). The molecule has 0 saturated carbocycles. The lowest BCUT2D eigenvalue weighted by atomic mass is 10.1. The van der Waals surface area contributed by atoms with Crippen LogP contribution in [0.2, 0.25) is 0 Å². The predicted molar refractivity (Wildman–Crippen MR) is 86.6 cm³/mol. The number of hydrogen-bond acceptors (Lipinski definition) is 4. The van der Waals surface area contributed by atoms with Crippen LogP contribution < -0.4 is 14.8 Å². The summed E-state index contributed by atoms with van der Waals surface area (Å²) >= 11 is 0. The van der Waals surface area contributed by atoms with E-state index in [1.807, 2.05) is 30.3 Å². The third kappa shape index (κ3) is 5.04. The number of carbonyl (C=O) groups is 1. The van der Waals surface area contributed by atoms with Gasteiger partial charge in [0.2, 0.25) is 0 Å². The Kier molecular flexibility index (Phi) is 6.01. The van der Waals surface area contributed by atoms with E-state index < -0.39 is 0 Å². The van der Waals surface area contributed by atoms with E-state index in [-0.39, 0.29) is 5.91 Å². The third-order valence-electron chi connectivity index (χ3n) is 3.19. The molecule has 1 amide bonds. The Hall–Kier alpha value is -3.00. The monoisotopic (exact) mass is 310 g/mol. The van der Waals surface area contributed by atoms with E-state index in [9.17, 15) is 4.79 Å². The largest absolute Gasteiger partial charge is 0.497 e. The summed E-state index contributed by atoms with van der Waals surface area (Å²) in [6.07, 6.45) is 0.293. The van der Waals surface area contributed by atoms with Gasteiger partial charge in [0.1, 0.15) is 18.1 Å². The Morgan fingerprint density at radius 1 is 1.17 bits per heavy atom. The summed E-state index contributed by atoms with van der Waals surface area (Å²) in [7, 11) is 1.61. The minimum Gasteiger partial charge on any atom is -0.497 e. The minimum absolute atomic E-state index is 0.178. The maximum atomic E-state index is 12.0. The van der Waals surface area contributed by atoms with E-state index in [1.54, 1.807) is 25.3 Å². The highest BCUT2D eigenvalue weighted by atomic mass is 16.5. The topological polar surface area (TPSA) is 71.3 Å². The first-order valence-electron chi connectivity index (χ1n) is 7.24. The van der Waals surface area contributed by atoms with Crippen LogP contribution in [0, 0.1) is 11.3 Å². The van der Waals surface area contributed by atoms with Gasteiger partial charge in [-0.15, -0.1) is 0 Å². The van der Waals surface area contributed by atoms with Crippen molar-refractivity contribution in [3.05, 3.63) is 59.7 Å². The fourth-order valence-electron chi connectivity index (χ4n) is 2.02. The fourth-order valence-corrected chi connectivity index (χ4v) is 2.02. The molecule has 1 N–H and O–H groups in total. The Balaban J connectivity index is 1.78. The van der Waals surface area contributed by atoms with E-state index in [0.29, 0.717) is 25.1 Å². The second-order valence-electron chi connectivity index (χ2n) is 4.82. The summed E-state index contributed by atoms with van der Waals surface area (Å²) in [5.74, 6) is 1.31. The molecule has 0 aliphatic rings. The zero-order chi connectivity index (χ0) is 16.5. The van der Waals surface area contributed by atoms with Crippen molar-refractivity contribution in [3.8, 4) is 17.6 Å². The fraction of sp³-hybridized carbons (Fsp3) is 0.222. The van der Waals surface area contributed by atoms with Crippen molar-refractivity contribution in [2.45, 2.75) is 6.42 Å². The van der Waals surface area contributed by atoms with Gasteiger partial charge in [-0.2, -0.15) is 5.26 Å². The molecule has 118 valence electrons. The van der Waals surface area contributed by atoms with Gasteiger partial charge in [-0.25, -0.2) is 0 Å². The first kappa shape index (κ1) is 16.4. The van der Waals surface area contributed by atoms with Crippen molar-refractivity contribution in [2.75, 3.05) is 20.3 Å². The van der Waals surface area contributed by atoms with Crippen LogP contribution >= 0.6 is 0 Å². The average Bonchev–Trinajstić information content (AvgIpc) is 2.59. The molecular weight excluding hydrogens is 292 g/mol. The molecule has 23 heavy (non-hydrogen) atoms. The van der Waals surface area contributed by atoms with E-state index in [4.69, 9.17) is 14.7 Å². The Morgan fingerprint density at radius 2 is 1.91 bits per heavy atom. The first-order valence-corrected chi connectivity index (χ1v) is 7.24. The Bertz CT molecular complexity index is 690. The lowest BCUT2D eigenvalue weighted by molar-refractivity contribution is 0.0947. The lowest BCUT2D eigenvalue weighted by Crippen LogP contribution is -2.28. The van der Waals surface area contributed by atoms with Crippen molar-refractivity contribution >= 4 is 5.91 Å². The number of benzene rings is 2. The smallest absolute Gasteiger partial charge is 0.251 e. The molecular formula is C18H18N2O3. The lowest BCUT2D eigenvalue weighted by Gasteiger charge is -2.09. The second-order valence-corrected chi connectivity index (χ2v) is 4.82. The molecule has 0 bridgehead atoms. The van der Waals surface area contributed by atoms with E-state index >= 15 is 0 Å².